The number of aromatic nitrogens is 2. The topological polar surface area (TPSA) is 88.0 Å². The molecule has 0 bridgehead atoms. The third kappa shape index (κ3) is 3.18. The summed E-state index contributed by atoms with van der Waals surface area (Å²) in [6.45, 7) is 2.70. The Kier molecular flexibility index (Phi) is 4.62. The van der Waals surface area contributed by atoms with Crippen molar-refractivity contribution in [2.24, 2.45) is 0 Å². The molecule has 0 spiro atoms. The predicted molar refractivity (Wildman–Crippen MR) is 94.7 cm³/mol. The summed E-state index contributed by atoms with van der Waals surface area (Å²) < 4.78 is 10.8. The van der Waals surface area contributed by atoms with Gasteiger partial charge in [0.2, 0.25) is 18.1 Å². The number of morpholine rings is 1. The number of hydrogen-bond acceptors (Lipinski definition) is 8. The summed E-state index contributed by atoms with van der Waals surface area (Å²) in [5.74, 6) is -0.894. The van der Waals surface area contributed by atoms with E-state index in [1.807, 2.05) is 11.4 Å². The Labute approximate surface area is 155 Å². The number of carbonyl (C=O) groups excluding carboxylic acids is 1. The minimum atomic E-state index is -1.44. The molecule has 1 amide bonds. The molecule has 26 heavy (non-hydrogen) atoms. The molecule has 8 nitrogen and oxygen atoms in total. The number of piperazine rings is 1. The van der Waals surface area contributed by atoms with Crippen molar-refractivity contribution >= 4 is 17.7 Å². The Balaban J connectivity index is 1.51. The van der Waals surface area contributed by atoms with Crippen LogP contribution >= 0.6 is 11.3 Å². The SMILES string of the molecule is COc1ccc(-c2nc([C@]3(O)CN4CCN(C=O)C[C@H]4CO3)cs2)cn1. The zero-order chi connectivity index (χ0) is 18.1. The highest BCUT2D eigenvalue weighted by Crippen LogP contribution is 2.34. The molecular weight excluding hydrogens is 356 g/mol. The lowest BCUT2D eigenvalue weighted by Crippen LogP contribution is -2.62. The third-order valence-electron chi connectivity index (χ3n) is 4.81. The van der Waals surface area contributed by atoms with E-state index < -0.39 is 5.79 Å². The van der Waals surface area contributed by atoms with E-state index in [1.54, 1.807) is 24.3 Å². The molecule has 2 aromatic heterocycles. The van der Waals surface area contributed by atoms with Crippen molar-refractivity contribution in [3.63, 3.8) is 0 Å². The highest BCUT2D eigenvalue weighted by molar-refractivity contribution is 7.13. The maximum Gasteiger partial charge on any atom is 0.223 e. The number of nitrogens with zero attached hydrogens (tertiary/aromatic N) is 4. The first-order valence-corrected chi connectivity index (χ1v) is 9.25. The van der Waals surface area contributed by atoms with E-state index in [2.05, 4.69) is 14.9 Å². The fourth-order valence-electron chi connectivity index (χ4n) is 3.30. The number of fused-ring (bicyclic) bond motifs is 1. The van der Waals surface area contributed by atoms with Crippen LogP contribution in [0.25, 0.3) is 10.6 Å². The van der Waals surface area contributed by atoms with E-state index in [-0.39, 0.29) is 6.04 Å². The van der Waals surface area contributed by atoms with E-state index in [9.17, 15) is 9.90 Å². The van der Waals surface area contributed by atoms with Gasteiger partial charge in [0.05, 0.1) is 26.3 Å². The standard InChI is InChI=1S/C17H20N4O4S/c1-24-15-3-2-12(6-18-15)16-19-14(9-26-16)17(23)10-21-5-4-20(11-22)7-13(21)8-25-17/h2-3,6,9,11,13,23H,4-5,7-8,10H2,1H3/t13-,17-/m0/s1. The molecule has 9 heteroatoms. The maximum absolute atomic E-state index is 11.0. The van der Waals surface area contributed by atoms with E-state index in [1.165, 1.54) is 11.3 Å². The van der Waals surface area contributed by atoms with Gasteiger partial charge in [-0.1, -0.05) is 0 Å². The number of thiazole rings is 1. The summed E-state index contributed by atoms with van der Waals surface area (Å²) in [5.41, 5.74) is 1.36. The molecule has 0 aliphatic carbocycles. The normalized spacial score (nSPS) is 26.4. The maximum atomic E-state index is 11.0. The molecule has 2 aliphatic heterocycles. The first kappa shape index (κ1) is 17.3. The van der Waals surface area contributed by atoms with Gasteiger partial charge in [0.15, 0.2) is 0 Å². The summed E-state index contributed by atoms with van der Waals surface area (Å²) >= 11 is 1.44. The van der Waals surface area contributed by atoms with Crippen LogP contribution in [0.15, 0.2) is 23.7 Å². The average Bonchev–Trinajstić information content (AvgIpc) is 3.19. The fraction of sp³-hybridized carbons (Fsp3) is 0.471. The van der Waals surface area contributed by atoms with E-state index in [0.717, 1.165) is 17.0 Å². The van der Waals surface area contributed by atoms with Crippen LogP contribution in [-0.2, 0) is 15.3 Å². The molecule has 2 fully saturated rings. The Morgan fingerprint density at radius 3 is 3.08 bits per heavy atom. The van der Waals surface area contributed by atoms with Crippen LogP contribution in [0.1, 0.15) is 5.69 Å². The summed E-state index contributed by atoms with van der Waals surface area (Å²) in [4.78, 5) is 23.6. The summed E-state index contributed by atoms with van der Waals surface area (Å²) in [6, 6.07) is 3.77. The van der Waals surface area contributed by atoms with Gasteiger partial charge >= 0.3 is 0 Å². The van der Waals surface area contributed by atoms with E-state index in [0.29, 0.717) is 44.4 Å². The van der Waals surface area contributed by atoms with E-state index in [4.69, 9.17) is 9.47 Å². The van der Waals surface area contributed by atoms with Gasteiger partial charge in [-0.05, 0) is 6.07 Å². The van der Waals surface area contributed by atoms with Crippen molar-refractivity contribution in [1.29, 1.82) is 0 Å². The zero-order valence-corrected chi connectivity index (χ0v) is 15.2. The molecule has 138 valence electrons. The van der Waals surface area contributed by atoms with Crippen LogP contribution in [0.5, 0.6) is 5.88 Å². The highest BCUT2D eigenvalue weighted by Gasteiger charge is 2.44. The molecule has 0 unspecified atom stereocenters. The Morgan fingerprint density at radius 2 is 2.35 bits per heavy atom. The molecule has 1 N–H and O–H groups in total. The third-order valence-corrected chi connectivity index (χ3v) is 5.71. The number of methoxy groups -OCH3 is 1. The van der Waals surface area contributed by atoms with Crippen LogP contribution in [0.2, 0.25) is 0 Å². The summed E-state index contributed by atoms with van der Waals surface area (Å²) in [6.07, 6.45) is 2.57. The molecule has 2 aliphatic rings. The van der Waals surface area contributed by atoms with Gasteiger partial charge in [-0.2, -0.15) is 0 Å². The van der Waals surface area contributed by atoms with Crippen molar-refractivity contribution in [3.05, 3.63) is 29.4 Å². The smallest absolute Gasteiger partial charge is 0.223 e. The van der Waals surface area contributed by atoms with Gasteiger partial charge in [-0.25, -0.2) is 9.97 Å². The lowest BCUT2D eigenvalue weighted by atomic mass is 10.1. The molecule has 4 rings (SSSR count). The number of rotatable bonds is 4. The fourth-order valence-corrected chi connectivity index (χ4v) is 4.17. The quantitative estimate of drug-likeness (QED) is 0.779. The Hall–Kier alpha value is -2.07. The van der Waals surface area contributed by atoms with Crippen LogP contribution in [0.3, 0.4) is 0 Å². The number of ether oxygens (including phenoxy) is 2. The van der Waals surface area contributed by atoms with Crippen molar-refractivity contribution in [2.45, 2.75) is 11.8 Å². The van der Waals surface area contributed by atoms with Crippen LogP contribution < -0.4 is 4.74 Å². The molecule has 2 aromatic rings. The van der Waals surface area contributed by atoms with Gasteiger partial charge in [0.1, 0.15) is 10.7 Å². The molecule has 2 atom stereocenters. The van der Waals surface area contributed by atoms with Crippen LogP contribution in [0, 0.1) is 0 Å². The second-order valence-electron chi connectivity index (χ2n) is 6.45. The number of hydrogen-bond donors (Lipinski definition) is 1. The molecule has 0 aromatic carbocycles. The largest absolute Gasteiger partial charge is 0.481 e. The highest BCUT2D eigenvalue weighted by atomic mass is 32.1. The number of amides is 1. The first-order valence-electron chi connectivity index (χ1n) is 8.37. The van der Waals surface area contributed by atoms with Crippen molar-refractivity contribution in [3.8, 4) is 16.5 Å². The minimum Gasteiger partial charge on any atom is -0.481 e. The van der Waals surface area contributed by atoms with E-state index >= 15 is 0 Å². The lowest BCUT2D eigenvalue weighted by Gasteiger charge is -2.47. The summed E-state index contributed by atoms with van der Waals surface area (Å²) in [7, 11) is 1.57. The van der Waals surface area contributed by atoms with Crippen LogP contribution in [0.4, 0.5) is 0 Å². The van der Waals surface area contributed by atoms with Gasteiger partial charge < -0.3 is 19.5 Å². The van der Waals surface area contributed by atoms with Gasteiger partial charge in [-0.15, -0.1) is 11.3 Å². The number of pyridine rings is 1. The second kappa shape index (κ2) is 6.92. The van der Waals surface area contributed by atoms with Crippen molar-refractivity contribution in [1.82, 2.24) is 19.8 Å². The average molecular weight is 376 g/mol. The molecule has 2 saturated heterocycles. The van der Waals surface area contributed by atoms with Crippen molar-refractivity contribution < 1.29 is 19.4 Å². The molecule has 0 radical (unpaired) electrons. The molecular formula is C17H20N4O4S. The van der Waals surface area contributed by atoms with Crippen LogP contribution in [-0.4, -0.2) is 77.2 Å². The molecule has 0 saturated carbocycles. The Bertz CT molecular complexity index is 783. The lowest BCUT2D eigenvalue weighted by molar-refractivity contribution is -0.267. The monoisotopic (exact) mass is 376 g/mol. The van der Waals surface area contributed by atoms with Gasteiger partial charge in [0.25, 0.3) is 0 Å². The number of carbonyl (C=O) groups is 1. The number of aliphatic hydroxyl groups is 1. The second-order valence-corrected chi connectivity index (χ2v) is 7.31. The summed E-state index contributed by atoms with van der Waals surface area (Å²) in [5, 5.41) is 13.6. The first-order chi connectivity index (χ1) is 12.6. The minimum absolute atomic E-state index is 0.109. The van der Waals surface area contributed by atoms with Gasteiger partial charge in [0, 0.05) is 42.8 Å². The predicted octanol–water partition coefficient (Wildman–Crippen LogP) is 0.532. The zero-order valence-electron chi connectivity index (χ0n) is 14.4. The molecule has 4 heterocycles. The van der Waals surface area contributed by atoms with Gasteiger partial charge in [-0.3, -0.25) is 9.69 Å². The van der Waals surface area contributed by atoms with Crippen molar-refractivity contribution in [2.75, 3.05) is 39.9 Å². The Morgan fingerprint density at radius 1 is 1.46 bits per heavy atom.